The van der Waals surface area contributed by atoms with E-state index in [4.69, 9.17) is 13.6 Å². The molecule has 1 atom stereocenters. The summed E-state index contributed by atoms with van der Waals surface area (Å²) in [6.45, 7) is 4.69. The number of carbonyl (C=O) groups is 2. The molecule has 28 heavy (non-hydrogen) atoms. The lowest BCUT2D eigenvalue weighted by atomic mass is 9.99. The molecule has 4 rings (SSSR count). The van der Waals surface area contributed by atoms with Gasteiger partial charge in [-0.15, -0.1) is 0 Å². The summed E-state index contributed by atoms with van der Waals surface area (Å²) in [4.78, 5) is 28.6. The molecule has 2 aromatic heterocycles. The predicted molar refractivity (Wildman–Crippen MR) is 96.9 cm³/mol. The molecule has 0 bridgehead atoms. The van der Waals surface area contributed by atoms with E-state index in [2.05, 4.69) is 0 Å². The highest BCUT2D eigenvalue weighted by Gasteiger charge is 2.45. The van der Waals surface area contributed by atoms with Crippen LogP contribution in [-0.4, -0.2) is 61.1 Å². The first-order valence-electron chi connectivity index (χ1n) is 9.44. The summed E-state index contributed by atoms with van der Waals surface area (Å²) in [5, 5.41) is 10.5. The summed E-state index contributed by atoms with van der Waals surface area (Å²) in [6.07, 6.45) is 3.61. The number of furan rings is 2. The molecular formula is C20H23N2O6+. The third kappa shape index (κ3) is 3.48. The smallest absolute Gasteiger partial charge is 0.290 e. The Kier molecular flexibility index (Phi) is 5.31. The fourth-order valence-electron chi connectivity index (χ4n) is 3.81. The average Bonchev–Trinajstić information content (AvgIpc) is 3.46. The highest BCUT2D eigenvalue weighted by atomic mass is 16.5. The molecule has 1 fully saturated rings. The molecule has 0 radical (unpaired) electrons. The fraction of sp³-hybridized carbons (Fsp3) is 0.400. The van der Waals surface area contributed by atoms with Crippen molar-refractivity contribution in [2.24, 2.45) is 0 Å². The number of nitrogens with zero attached hydrogens (tertiary/aromatic N) is 1. The van der Waals surface area contributed by atoms with Crippen molar-refractivity contribution in [1.29, 1.82) is 0 Å². The maximum Gasteiger partial charge on any atom is 0.290 e. The van der Waals surface area contributed by atoms with Gasteiger partial charge in [0.05, 0.1) is 37.9 Å². The zero-order valence-electron chi connectivity index (χ0n) is 15.4. The minimum atomic E-state index is -0.764. The first-order chi connectivity index (χ1) is 13.7. The van der Waals surface area contributed by atoms with Crippen molar-refractivity contribution in [1.82, 2.24) is 4.90 Å². The molecule has 0 aromatic carbocycles. The third-order valence-electron chi connectivity index (χ3n) is 5.24. The van der Waals surface area contributed by atoms with Crippen LogP contribution in [0, 0.1) is 0 Å². The molecule has 2 N–H and O–H groups in total. The average molecular weight is 387 g/mol. The van der Waals surface area contributed by atoms with Gasteiger partial charge in [-0.25, -0.2) is 0 Å². The van der Waals surface area contributed by atoms with E-state index in [0.29, 0.717) is 12.3 Å². The van der Waals surface area contributed by atoms with Crippen molar-refractivity contribution in [3.05, 3.63) is 59.6 Å². The Morgan fingerprint density at radius 1 is 1.18 bits per heavy atom. The van der Waals surface area contributed by atoms with Crippen LogP contribution in [-0.2, 0) is 9.53 Å². The van der Waals surface area contributed by atoms with Crippen molar-refractivity contribution < 1.29 is 33.2 Å². The van der Waals surface area contributed by atoms with Gasteiger partial charge in [0.25, 0.3) is 5.91 Å². The topological polar surface area (TPSA) is 97.6 Å². The van der Waals surface area contributed by atoms with Crippen molar-refractivity contribution >= 4 is 11.7 Å². The monoisotopic (exact) mass is 387 g/mol. The van der Waals surface area contributed by atoms with Gasteiger partial charge in [0.2, 0.25) is 5.78 Å². The van der Waals surface area contributed by atoms with Crippen molar-refractivity contribution in [2.75, 3.05) is 39.4 Å². The third-order valence-corrected chi connectivity index (χ3v) is 5.24. The highest BCUT2D eigenvalue weighted by molar-refractivity contribution is 6.14. The molecule has 148 valence electrons. The van der Waals surface area contributed by atoms with Gasteiger partial charge in [-0.3, -0.25) is 9.59 Å². The van der Waals surface area contributed by atoms with Gasteiger partial charge >= 0.3 is 0 Å². The largest absolute Gasteiger partial charge is 0.503 e. The molecule has 1 amide bonds. The van der Waals surface area contributed by atoms with Gasteiger partial charge in [-0.1, -0.05) is 0 Å². The summed E-state index contributed by atoms with van der Waals surface area (Å²) in [7, 11) is 0. The number of aliphatic hydroxyl groups is 1. The molecule has 2 aromatic rings. The van der Waals surface area contributed by atoms with Crippen LogP contribution >= 0.6 is 0 Å². The lowest BCUT2D eigenvalue weighted by Crippen LogP contribution is -3.14. The Morgan fingerprint density at radius 3 is 2.61 bits per heavy atom. The van der Waals surface area contributed by atoms with E-state index >= 15 is 0 Å². The zero-order chi connectivity index (χ0) is 19.5. The number of morpholine rings is 1. The Morgan fingerprint density at radius 2 is 1.93 bits per heavy atom. The van der Waals surface area contributed by atoms with Gasteiger partial charge in [-0.2, -0.15) is 0 Å². The Bertz CT molecular complexity index is 849. The van der Waals surface area contributed by atoms with Gasteiger partial charge < -0.3 is 28.5 Å². The van der Waals surface area contributed by atoms with Crippen LogP contribution in [0.25, 0.3) is 0 Å². The molecule has 2 aliphatic rings. The van der Waals surface area contributed by atoms with E-state index < -0.39 is 23.5 Å². The first kappa shape index (κ1) is 18.5. The fourth-order valence-corrected chi connectivity index (χ4v) is 3.81. The summed E-state index contributed by atoms with van der Waals surface area (Å²) >= 11 is 0. The molecule has 0 unspecified atom stereocenters. The molecule has 0 spiro atoms. The number of hydrogen-bond acceptors (Lipinski definition) is 6. The Labute approximate surface area is 162 Å². The van der Waals surface area contributed by atoms with E-state index in [1.165, 1.54) is 28.4 Å². The number of Topliss-reactive ketones (excluding diaryl/α,β-unsaturated/α-hetero) is 1. The number of ether oxygens (including phenoxy) is 1. The standard InChI is InChI=1S/C20H22N2O6/c23-18(15-5-2-11-28-15)16-17(14-4-1-10-27-14)22(20(25)19(16)24)7-3-6-21-8-12-26-13-9-21/h1-2,4-5,10-11,17,24H,3,6-9,12-13H2/p+1/t17-/m1/s1. The summed E-state index contributed by atoms with van der Waals surface area (Å²) in [6, 6.07) is 5.73. The number of amides is 1. The van der Waals surface area contributed by atoms with Gasteiger partial charge in [-0.05, 0) is 24.3 Å². The molecule has 1 saturated heterocycles. The Hall–Kier alpha value is -2.84. The second kappa shape index (κ2) is 8.04. The van der Waals surface area contributed by atoms with Gasteiger partial charge in [0.1, 0.15) is 24.9 Å². The van der Waals surface area contributed by atoms with Crippen LogP contribution in [0.15, 0.2) is 57.0 Å². The molecule has 8 nitrogen and oxygen atoms in total. The number of quaternary nitrogens is 1. The summed E-state index contributed by atoms with van der Waals surface area (Å²) < 4.78 is 16.0. The number of nitrogens with one attached hydrogen (secondary N) is 1. The minimum Gasteiger partial charge on any atom is -0.503 e. The zero-order valence-corrected chi connectivity index (χ0v) is 15.4. The van der Waals surface area contributed by atoms with E-state index in [-0.39, 0.29) is 11.3 Å². The quantitative estimate of drug-likeness (QED) is 0.681. The number of ketones is 1. The van der Waals surface area contributed by atoms with Crippen LogP contribution < -0.4 is 4.90 Å². The van der Waals surface area contributed by atoms with Gasteiger partial charge in [0.15, 0.2) is 11.5 Å². The Balaban J connectivity index is 1.54. The lowest BCUT2D eigenvalue weighted by Gasteiger charge is -2.27. The molecule has 8 heteroatoms. The number of carbonyl (C=O) groups excluding carboxylic acids is 2. The van der Waals surface area contributed by atoms with Crippen molar-refractivity contribution in [3.8, 4) is 0 Å². The SMILES string of the molecule is O=C(C1=C(O)C(=O)N(CCC[NH+]2CCOCC2)[C@@H]1c1ccco1)c1ccco1. The summed E-state index contributed by atoms with van der Waals surface area (Å²) in [5.74, 6) is -1.11. The van der Waals surface area contributed by atoms with Crippen LogP contribution in [0.4, 0.5) is 0 Å². The number of rotatable bonds is 7. The number of aliphatic hydroxyl groups excluding tert-OH is 1. The van der Waals surface area contributed by atoms with E-state index in [1.807, 2.05) is 0 Å². The van der Waals surface area contributed by atoms with E-state index in [0.717, 1.165) is 39.3 Å². The number of hydrogen-bond donors (Lipinski definition) is 2. The molecule has 0 aliphatic carbocycles. The van der Waals surface area contributed by atoms with Gasteiger partial charge in [0, 0.05) is 13.0 Å². The predicted octanol–water partition coefficient (Wildman–Crippen LogP) is 0.756. The van der Waals surface area contributed by atoms with Crippen molar-refractivity contribution in [3.63, 3.8) is 0 Å². The van der Waals surface area contributed by atoms with E-state index in [9.17, 15) is 14.7 Å². The van der Waals surface area contributed by atoms with Crippen LogP contribution in [0.1, 0.15) is 28.8 Å². The lowest BCUT2D eigenvalue weighted by molar-refractivity contribution is -0.908. The van der Waals surface area contributed by atoms with Crippen LogP contribution in [0.3, 0.4) is 0 Å². The van der Waals surface area contributed by atoms with Crippen LogP contribution in [0.2, 0.25) is 0 Å². The maximum absolute atomic E-state index is 12.9. The molecule has 0 saturated carbocycles. The van der Waals surface area contributed by atoms with Crippen LogP contribution in [0.5, 0.6) is 0 Å². The minimum absolute atomic E-state index is 0.00591. The normalized spacial score (nSPS) is 20.9. The molecule has 2 aliphatic heterocycles. The molecular weight excluding hydrogens is 364 g/mol. The second-order valence-corrected chi connectivity index (χ2v) is 6.95. The van der Waals surface area contributed by atoms with E-state index in [1.54, 1.807) is 18.2 Å². The molecule has 4 heterocycles. The highest BCUT2D eigenvalue weighted by Crippen LogP contribution is 2.39. The van der Waals surface area contributed by atoms with Crippen molar-refractivity contribution in [2.45, 2.75) is 12.5 Å². The summed E-state index contributed by atoms with van der Waals surface area (Å²) in [5.41, 5.74) is -0.00591. The first-order valence-corrected chi connectivity index (χ1v) is 9.44. The maximum atomic E-state index is 12.9. The second-order valence-electron chi connectivity index (χ2n) is 6.95.